The number of nitrogens with two attached hydrogens (primary N) is 1. The lowest BCUT2D eigenvalue weighted by Crippen LogP contribution is -2.05. The lowest BCUT2D eigenvalue weighted by molar-refractivity contribution is 0.778. The summed E-state index contributed by atoms with van der Waals surface area (Å²) in [7, 11) is 1.82. The van der Waals surface area contributed by atoms with Crippen LogP contribution in [0.4, 0.5) is 11.6 Å². The third-order valence-electron chi connectivity index (χ3n) is 3.04. The van der Waals surface area contributed by atoms with Gasteiger partial charge in [-0.05, 0) is 17.9 Å². The SMILES string of the molecule is Cc1csc2c(NCc3cnn(C)c3N)ncnc12. The van der Waals surface area contributed by atoms with E-state index < -0.39 is 0 Å². The minimum absolute atomic E-state index is 0.600. The van der Waals surface area contributed by atoms with Crippen molar-refractivity contribution in [1.82, 2.24) is 19.7 Å². The fraction of sp³-hybridized carbons (Fsp3) is 0.250. The number of hydrogen-bond donors (Lipinski definition) is 2. The molecule has 0 saturated carbocycles. The largest absolute Gasteiger partial charge is 0.384 e. The molecule has 0 aliphatic carbocycles. The summed E-state index contributed by atoms with van der Waals surface area (Å²) in [6, 6.07) is 0. The molecule has 3 aromatic rings. The highest BCUT2D eigenvalue weighted by Gasteiger charge is 2.09. The van der Waals surface area contributed by atoms with E-state index in [4.69, 9.17) is 5.73 Å². The van der Waals surface area contributed by atoms with Crippen molar-refractivity contribution in [3.8, 4) is 0 Å². The first-order chi connectivity index (χ1) is 9.16. The molecular formula is C12H14N6S. The zero-order valence-electron chi connectivity index (χ0n) is 10.7. The fourth-order valence-electron chi connectivity index (χ4n) is 1.90. The molecule has 6 nitrogen and oxygen atoms in total. The first kappa shape index (κ1) is 11.9. The van der Waals surface area contributed by atoms with E-state index in [-0.39, 0.29) is 0 Å². The molecule has 19 heavy (non-hydrogen) atoms. The molecule has 0 unspecified atom stereocenters. The molecule has 7 heteroatoms. The summed E-state index contributed by atoms with van der Waals surface area (Å²) in [6.07, 6.45) is 3.34. The van der Waals surface area contributed by atoms with Gasteiger partial charge in [0.05, 0.1) is 16.4 Å². The van der Waals surface area contributed by atoms with Crippen molar-refractivity contribution < 1.29 is 0 Å². The van der Waals surface area contributed by atoms with Gasteiger partial charge in [0.1, 0.15) is 18.0 Å². The lowest BCUT2D eigenvalue weighted by atomic mass is 10.3. The van der Waals surface area contributed by atoms with Gasteiger partial charge < -0.3 is 11.1 Å². The normalized spacial score (nSPS) is 11.1. The summed E-state index contributed by atoms with van der Waals surface area (Å²) in [5, 5.41) is 9.50. The minimum Gasteiger partial charge on any atom is -0.384 e. The third-order valence-corrected chi connectivity index (χ3v) is 4.14. The predicted octanol–water partition coefficient (Wildman–Crippen LogP) is 1.93. The molecule has 0 aliphatic heterocycles. The van der Waals surface area contributed by atoms with Gasteiger partial charge >= 0.3 is 0 Å². The van der Waals surface area contributed by atoms with E-state index in [0.29, 0.717) is 12.4 Å². The molecule has 0 bridgehead atoms. The number of thiophene rings is 1. The molecular weight excluding hydrogens is 260 g/mol. The summed E-state index contributed by atoms with van der Waals surface area (Å²) < 4.78 is 2.73. The van der Waals surface area contributed by atoms with E-state index in [2.05, 4.69) is 32.7 Å². The highest BCUT2D eigenvalue weighted by atomic mass is 32.1. The number of fused-ring (bicyclic) bond motifs is 1. The Hall–Kier alpha value is -2.15. The number of nitrogens with one attached hydrogen (secondary N) is 1. The highest BCUT2D eigenvalue weighted by Crippen LogP contribution is 2.28. The molecule has 0 radical (unpaired) electrons. The molecule has 0 aromatic carbocycles. The van der Waals surface area contributed by atoms with Gasteiger partial charge in [0.2, 0.25) is 0 Å². The van der Waals surface area contributed by atoms with E-state index in [1.807, 2.05) is 7.05 Å². The molecule has 3 N–H and O–H groups in total. The predicted molar refractivity (Wildman–Crippen MR) is 77.1 cm³/mol. The van der Waals surface area contributed by atoms with Crippen molar-refractivity contribution in [2.75, 3.05) is 11.1 Å². The molecule has 0 aliphatic rings. The van der Waals surface area contributed by atoms with Gasteiger partial charge in [-0.2, -0.15) is 5.10 Å². The quantitative estimate of drug-likeness (QED) is 0.762. The minimum atomic E-state index is 0.600. The molecule has 98 valence electrons. The third kappa shape index (κ3) is 2.01. The van der Waals surface area contributed by atoms with Crippen molar-refractivity contribution in [2.45, 2.75) is 13.5 Å². The number of nitrogen functional groups attached to an aromatic ring is 1. The summed E-state index contributed by atoms with van der Waals surface area (Å²) in [5.74, 6) is 1.51. The fourth-order valence-corrected chi connectivity index (χ4v) is 2.87. The van der Waals surface area contributed by atoms with Crippen LogP contribution in [0.15, 0.2) is 17.9 Å². The molecule has 0 fully saturated rings. The highest BCUT2D eigenvalue weighted by molar-refractivity contribution is 7.18. The van der Waals surface area contributed by atoms with Crippen LogP contribution in [0.1, 0.15) is 11.1 Å². The van der Waals surface area contributed by atoms with Crippen LogP contribution in [0.25, 0.3) is 10.2 Å². The Morgan fingerprint density at radius 1 is 1.42 bits per heavy atom. The Morgan fingerprint density at radius 2 is 2.26 bits per heavy atom. The van der Waals surface area contributed by atoms with E-state index in [0.717, 1.165) is 21.6 Å². The lowest BCUT2D eigenvalue weighted by Gasteiger charge is -2.05. The van der Waals surface area contributed by atoms with Crippen LogP contribution in [0.2, 0.25) is 0 Å². The number of anilines is 2. The van der Waals surface area contributed by atoms with Crippen molar-refractivity contribution in [1.29, 1.82) is 0 Å². The summed E-state index contributed by atoms with van der Waals surface area (Å²) >= 11 is 1.65. The molecule has 0 spiro atoms. The van der Waals surface area contributed by atoms with Gasteiger partial charge in [0, 0.05) is 19.2 Å². The van der Waals surface area contributed by atoms with Crippen LogP contribution in [-0.2, 0) is 13.6 Å². The number of hydrogen-bond acceptors (Lipinski definition) is 6. The van der Waals surface area contributed by atoms with Crippen LogP contribution in [0, 0.1) is 6.92 Å². The smallest absolute Gasteiger partial charge is 0.147 e. The molecule has 3 heterocycles. The summed E-state index contributed by atoms with van der Waals surface area (Å²) in [5.41, 5.74) is 9.05. The monoisotopic (exact) mass is 274 g/mol. The number of rotatable bonds is 3. The number of nitrogens with zero attached hydrogens (tertiary/aromatic N) is 4. The Morgan fingerprint density at radius 3 is 3.00 bits per heavy atom. The van der Waals surface area contributed by atoms with Gasteiger partial charge in [-0.25, -0.2) is 9.97 Å². The van der Waals surface area contributed by atoms with Crippen LogP contribution in [-0.4, -0.2) is 19.7 Å². The van der Waals surface area contributed by atoms with Crippen molar-refractivity contribution >= 4 is 33.2 Å². The van der Waals surface area contributed by atoms with Crippen LogP contribution in [0.5, 0.6) is 0 Å². The van der Waals surface area contributed by atoms with E-state index in [9.17, 15) is 0 Å². The Bertz CT molecular complexity index is 729. The Labute approximate surface area is 114 Å². The molecule has 0 amide bonds. The second kappa shape index (κ2) is 4.51. The van der Waals surface area contributed by atoms with Gasteiger partial charge in [-0.1, -0.05) is 0 Å². The molecule has 3 aromatic heterocycles. The maximum atomic E-state index is 5.91. The number of aryl methyl sites for hydroxylation is 2. The number of aromatic nitrogens is 4. The maximum Gasteiger partial charge on any atom is 0.147 e. The van der Waals surface area contributed by atoms with Crippen LogP contribution >= 0.6 is 11.3 Å². The first-order valence-corrected chi connectivity index (χ1v) is 6.74. The van der Waals surface area contributed by atoms with E-state index in [1.54, 1.807) is 28.5 Å². The van der Waals surface area contributed by atoms with Crippen molar-refractivity contribution in [3.63, 3.8) is 0 Å². The molecule has 0 atom stereocenters. The second-order valence-corrected chi connectivity index (χ2v) is 5.23. The Kier molecular flexibility index (Phi) is 2.83. The molecule has 3 rings (SSSR count). The Balaban J connectivity index is 1.88. The van der Waals surface area contributed by atoms with Gasteiger partial charge in [0.25, 0.3) is 0 Å². The van der Waals surface area contributed by atoms with Crippen LogP contribution < -0.4 is 11.1 Å². The standard InChI is InChI=1S/C12H14N6S/c1-7-5-19-10-9(7)15-6-16-12(10)14-3-8-4-17-18(2)11(8)13/h4-6H,3,13H2,1-2H3,(H,14,15,16). The van der Waals surface area contributed by atoms with Gasteiger partial charge in [-0.3, -0.25) is 4.68 Å². The average molecular weight is 274 g/mol. The zero-order chi connectivity index (χ0) is 13.4. The van der Waals surface area contributed by atoms with E-state index >= 15 is 0 Å². The second-order valence-electron chi connectivity index (χ2n) is 4.35. The van der Waals surface area contributed by atoms with Crippen LogP contribution in [0.3, 0.4) is 0 Å². The van der Waals surface area contributed by atoms with Crippen molar-refractivity contribution in [3.05, 3.63) is 29.0 Å². The average Bonchev–Trinajstić information content (AvgIpc) is 2.94. The topological polar surface area (TPSA) is 81.7 Å². The zero-order valence-corrected chi connectivity index (χ0v) is 11.5. The maximum absolute atomic E-state index is 5.91. The van der Waals surface area contributed by atoms with E-state index in [1.165, 1.54) is 5.56 Å². The molecule has 0 saturated heterocycles. The summed E-state index contributed by atoms with van der Waals surface area (Å²) in [4.78, 5) is 8.59. The first-order valence-electron chi connectivity index (χ1n) is 5.86. The van der Waals surface area contributed by atoms with Crippen molar-refractivity contribution in [2.24, 2.45) is 7.05 Å². The van der Waals surface area contributed by atoms with Gasteiger partial charge in [-0.15, -0.1) is 11.3 Å². The van der Waals surface area contributed by atoms with Gasteiger partial charge in [0.15, 0.2) is 0 Å². The summed E-state index contributed by atoms with van der Waals surface area (Å²) in [6.45, 7) is 2.65.